The number of amides is 1. The number of fused-ring (bicyclic) bond motifs is 1. The maximum Gasteiger partial charge on any atom is 0.250 e. The molecule has 7 heteroatoms. The van der Waals surface area contributed by atoms with E-state index in [1.165, 1.54) is 29.5 Å². The summed E-state index contributed by atoms with van der Waals surface area (Å²) in [5, 5.41) is 3.10. The highest BCUT2D eigenvalue weighted by Crippen LogP contribution is 2.27. The van der Waals surface area contributed by atoms with Gasteiger partial charge in [-0.15, -0.1) is 0 Å². The van der Waals surface area contributed by atoms with Gasteiger partial charge in [-0.05, 0) is 42.5 Å². The number of halogens is 2. The van der Waals surface area contributed by atoms with E-state index in [0.29, 0.717) is 21.1 Å². The summed E-state index contributed by atoms with van der Waals surface area (Å²) >= 11 is 4.61. The molecule has 4 nitrogen and oxygen atoms in total. The average Bonchev–Trinajstić information content (AvgIpc) is 2.94. The third-order valence-corrected chi connectivity index (χ3v) is 4.61. The molecule has 0 aliphatic carbocycles. The highest BCUT2D eigenvalue weighted by molar-refractivity contribution is 9.10. The molecule has 0 saturated carbocycles. The maximum absolute atomic E-state index is 13.2. The number of rotatable bonds is 4. The summed E-state index contributed by atoms with van der Waals surface area (Å²) < 4.78 is 20.0. The summed E-state index contributed by atoms with van der Waals surface area (Å²) in [5.74, 6) is 0.0138. The van der Waals surface area contributed by atoms with E-state index in [1.807, 2.05) is 18.2 Å². The third-order valence-electron chi connectivity index (χ3n) is 3.19. The Morgan fingerprint density at radius 1 is 1.33 bits per heavy atom. The van der Waals surface area contributed by atoms with E-state index >= 15 is 0 Å². The van der Waals surface area contributed by atoms with E-state index in [4.69, 9.17) is 4.74 Å². The van der Waals surface area contributed by atoms with Crippen molar-refractivity contribution in [2.24, 2.45) is 0 Å². The topological polar surface area (TPSA) is 51.2 Å². The summed E-state index contributed by atoms with van der Waals surface area (Å²) in [6.07, 6.45) is 3.06. The number of ether oxygens (including phenoxy) is 1. The first-order chi connectivity index (χ1) is 11.5. The average molecular weight is 407 g/mol. The van der Waals surface area contributed by atoms with Gasteiger partial charge >= 0.3 is 0 Å². The van der Waals surface area contributed by atoms with Crippen LogP contribution >= 0.6 is 27.3 Å². The fraction of sp³-hybridized carbons (Fsp3) is 0.0588. The summed E-state index contributed by atoms with van der Waals surface area (Å²) in [6.45, 7) is 0. The molecule has 0 aliphatic heterocycles. The number of nitrogens with zero attached hydrogens (tertiary/aromatic N) is 1. The highest BCUT2D eigenvalue weighted by Gasteiger charge is 2.07. The van der Waals surface area contributed by atoms with Crippen LogP contribution in [0.3, 0.4) is 0 Å². The lowest BCUT2D eigenvalue weighted by Gasteiger charge is -2.04. The highest BCUT2D eigenvalue weighted by atomic mass is 79.9. The minimum Gasteiger partial charge on any atom is -0.496 e. The fourth-order valence-electron chi connectivity index (χ4n) is 2.10. The van der Waals surface area contributed by atoms with Crippen molar-refractivity contribution < 1.29 is 13.9 Å². The van der Waals surface area contributed by atoms with Crippen LogP contribution in [0.5, 0.6) is 5.75 Å². The minimum atomic E-state index is -0.328. The van der Waals surface area contributed by atoms with Crippen molar-refractivity contribution in [2.45, 2.75) is 0 Å². The van der Waals surface area contributed by atoms with Gasteiger partial charge in [-0.3, -0.25) is 10.1 Å². The van der Waals surface area contributed by atoms with Crippen LogP contribution in [0, 0.1) is 5.82 Å². The van der Waals surface area contributed by atoms with Gasteiger partial charge < -0.3 is 4.74 Å². The number of methoxy groups -OCH3 is 1. The Balaban J connectivity index is 1.76. The van der Waals surface area contributed by atoms with E-state index in [2.05, 4.69) is 26.2 Å². The molecule has 0 unspecified atom stereocenters. The lowest BCUT2D eigenvalue weighted by Crippen LogP contribution is -2.07. The molecular weight excluding hydrogens is 395 g/mol. The van der Waals surface area contributed by atoms with Crippen molar-refractivity contribution in [1.82, 2.24) is 4.98 Å². The second-order valence-corrected chi connectivity index (χ2v) is 6.79. The predicted octanol–water partition coefficient (Wildman–Crippen LogP) is 4.86. The van der Waals surface area contributed by atoms with Crippen LogP contribution in [-0.2, 0) is 4.79 Å². The molecular formula is C17H12BrFN2O2S. The number of hydrogen-bond donors (Lipinski definition) is 1. The molecule has 1 heterocycles. The Labute approximate surface area is 150 Å². The molecule has 24 heavy (non-hydrogen) atoms. The van der Waals surface area contributed by atoms with Gasteiger partial charge in [-0.1, -0.05) is 27.3 Å². The summed E-state index contributed by atoms with van der Waals surface area (Å²) in [6, 6.07) is 9.83. The maximum atomic E-state index is 13.2. The Bertz CT molecular complexity index is 939. The molecule has 3 rings (SSSR count). The molecule has 0 atom stereocenters. The number of carbonyl (C=O) groups is 1. The Morgan fingerprint density at radius 3 is 2.96 bits per heavy atom. The quantitative estimate of drug-likeness (QED) is 0.629. The number of carbonyl (C=O) groups excluding carboxylic acids is 1. The molecule has 0 spiro atoms. The largest absolute Gasteiger partial charge is 0.496 e. The first-order valence-electron chi connectivity index (χ1n) is 6.94. The van der Waals surface area contributed by atoms with Crippen LogP contribution in [0.25, 0.3) is 16.3 Å². The molecule has 1 aromatic heterocycles. The van der Waals surface area contributed by atoms with Gasteiger partial charge in [0.15, 0.2) is 5.13 Å². The lowest BCUT2D eigenvalue weighted by molar-refractivity contribution is -0.111. The second kappa shape index (κ2) is 7.11. The Morgan fingerprint density at radius 2 is 2.17 bits per heavy atom. The SMILES string of the molecule is COc1ccc(Br)cc1C=CC(=O)Nc1nc2ccc(F)cc2s1. The number of anilines is 1. The van der Waals surface area contributed by atoms with Crippen LogP contribution in [-0.4, -0.2) is 18.0 Å². The zero-order valence-corrected chi connectivity index (χ0v) is 14.9. The van der Waals surface area contributed by atoms with Gasteiger partial charge in [0.1, 0.15) is 11.6 Å². The zero-order valence-electron chi connectivity index (χ0n) is 12.5. The molecule has 1 N–H and O–H groups in total. The third kappa shape index (κ3) is 3.80. The second-order valence-electron chi connectivity index (χ2n) is 4.84. The van der Waals surface area contributed by atoms with Crippen molar-refractivity contribution >= 4 is 54.6 Å². The molecule has 0 fully saturated rings. The van der Waals surface area contributed by atoms with Gasteiger partial charge in [-0.25, -0.2) is 9.37 Å². The molecule has 122 valence electrons. The number of thiazole rings is 1. The van der Waals surface area contributed by atoms with E-state index in [-0.39, 0.29) is 11.7 Å². The van der Waals surface area contributed by atoms with E-state index in [9.17, 15) is 9.18 Å². The Kier molecular flexibility index (Phi) is 4.92. The van der Waals surface area contributed by atoms with Gasteiger partial charge in [0.2, 0.25) is 5.91 Å². The van der Waals surface area contributed by atoms with Gasteiger partial charge in [0.05, 0.1) is 17.3 Å². The Hall–Kier alpha value is -2.25. The van der Waals surface area contributed by atoms with Gasteiger partial charge in [0.25, 0.3) is 0 Å². The van der Waals surface area contributed by atoms with Crippen molar-refractivity contribution in [2.75, 3.05) is 12.4 Å². The summed E-state index contributed by atoms with van der Waals surface area (Å²) in [7, 11) is 1.57. The van der Waals surface area contributed by atoms with Crippen LogP contribution in [0.2, 0.25) is 0 Å². The van der Waals surface area contributed by atoms with Crippen molar-refractivity contribution in [3.63, 3.8) is 0 Å². The number of benzene rings is 2. The van der Waals surface area contributed by atoms with Crippen LogP contribution in [0.15, 0.2) is 46.9 Å². The number of hydrogen-bond acceptors (Lipinski definition) is 4. The minimum absolute atomic E-state index is 0.323. The molecule has 2 aromatic carbocycles. The molecule has 0 bridgehead atoms. The van der Waals surface area contributed by atoms with Crippen LogP contribution in [0.1, 0.15) is 5.56 Å². The fourth-order valence-corrected chi connectivity index (χ4v) is 3.37. The molecule has 0 saturated heterocycles. The molecule has 0 aliphatic rings. The van der Waals surface area contributed by atoms with Gasteiger partial charge in [0, 0.05) is 16.1 Å². The standard InChI is InChI=1S/C17H12BrFN2O2S/c1-23-14-6-3-11(18)8-10(14)2-7-16(22)21-17-20-13-5-4-12(19)9-15(13)24-17/h2-9H,1H3,(H,20,21,22). The van der Waals surface area contributed by atoms with Crippen LogP contribution in [0.4, 0.5) is 9.52 Å². The van der Waals surface area contributed by atoms with E-state index < -0.39 is 0 Å². The van der Waals surface area contributed by atoms with E-state index in [1.54, 1.807) is 19.3 Å². The van der Waals surface area contributed by atoms with E-state index in [0.717, 1.165) is 10.0 Å². The first-order valence-corrected chi connectivity index (χ1v) is 8.55. The monoisotopic (exact) mass is 406 g/mol. The van der Waals surface area contributed by atoms with Crippen molar-refractivity contribution in [3.05, 3.63) is 58.3 Å². The molecule has 0 radical (unpaired) electrons. The first kappa shape index (κ1) is 16.6. The smallest absolute Gasteiger partial charge is 0.250 e. The zero-order chi connectivity index (χ0) is 17.1. The number of aromatic nitrogens is 1. The molecule has 1 amide bonds. The number of nitrogens with one attached hydrogen (secondary N) is 1. The summed E-state index contributed by atoms with van der Waals surface area (Å²) in [4.78, 5) is 16.3. The van der Waals surface area contributed by atoms with Crippen molar-refractivity contribution in [1.29, 1.82) is 0 Å². The predicted molar refractivity (Wildman–Crippen MR) is 97.9 cm³/mol. The van der Waals surface area contributed by atoms with Crippen LogP contribution < -0.4 is 10.1 Å². The molecule has 3 aromatic rings. The normalized spacial score (nSPS) is 11.1. The van der Waals surface area contributed by atoms with Gasteiger partial charge in [-0.2, -0.15) is 0 Å². The van der Waals surface area contributed by atoms with Crippen molar-refractivity contribution in [3.8, 4) is 5.75 Å². The lowest BCUT2D eigenvalue weighted by atomic mass is 10.2. The summed E-state index contributed by atoms with van der Waals surface area (Å²) in [5.41, 5.74) is 1.42.